The van der Waals surface area contributed by atoms with Crippen LogP contribution < -0.4 is 14.8 Å². The highest BCUT2D eigenvalue weighted by atomic mass is 79.9. The van der Waals surface area contributed by atoms with E-state index < -0.39 is 5.91 Å². The Kier molecular flexibility index (Phi) is 7.71. The standard InChI is InChI=1S/C24H18BrClN2O3/c1-30-22-12-17(11-21(25)23(22)31-15-16-6-3-2-4-7-16)10-18(14-27)24(29)28-20-9-5-8-19(26)13-20/h2-13H,15H2,1H3,(H,28,29)/b18-10+. The number of nitrogens with one attached hydrogen (secondary N) is 1. The lowest BCUT2D eigenvalue weighted by Crippen LogP contribution is -2.13. The monoisotopic (exact) mass is 496 g/mol. The number of carbonyl (C=O) groups excluding carboxylic acids is 1. The molecule has 0 unspecified atom stereocenters. The molecule has 0 aliphatic rings. The maximum Gasteiger partial charge on any atom is 0.266 e. The van der Waals surface area contributed by atoms with Gasteiger partial charge in [-0.2, -0.15) is 5.26 Å². The summed E-state index contributed by atoms with van der Waals surface area (Å²) in [6.07, 6.45) is 1.48. The van der Waals surface area contributed by atoms with Crippen molar-refractivity contribution in [3.05, 3.63) is 92.9 Å². The van der Waals surface area contributed by atoms with E-state index >= 15 is 0 Å². The first-order chi connectivity index (χ1) is 15.0. The average molecular weight is 498 g/mol. The Morgan fingerprint density at radius 1 is 1.16 bits per heavy atom. The van der Waals surface area contributed by atoms with E-state index in [1.54, 1.807) is 36.4 Å². The summed E-state index contributed by atoms with van der Waals surface area (Å²) in [5.41, 5.74) is 2.06. The first-order valence-electron chi connectivity index (χ1n) is 9.23. The molecule has 0 saturated heterocycles. The summed E-state index contributed by atoms with van der Waals surface area (Å²) in [5.74, 6) is 0.471. The van der Waals surface area contributed by atoms with Crippen LogP contribution in [0.2, 0.25) is 5.02 Å². The van der Waals surface area contributed by atoms with Gasteiger partial charge in [-0.15, -0.1) is 0 Å². The molecule has 0 aliphatic heterocycles. The highest BCUT2D eigenvalue weighted by Gasteiger charge is 2.14. The highest BCUT2D eigenvalue weighted by Crippen LogP contribution is 2.37. The second-order valence-corrected chi connectivity index (χ2v) is 7.73. The van der Waals surface area contributed by atoms with Gasteiger partial charge in [-0.1, -0.05) is 48.0 Å². The van der Waals surface area contributed by atoms with Gasteiger partial charge >= 0.3 is 0 Å². The van der Waals surface area contributed by atoms with Crippen molar-refractivity contribution in [3.8, 4) is 17.6 Å². The zero-order valence-electron chi connectivity index (χ0n) is 16.6. The summed E-state index contributed by atoms with van der Waals surface area (Å²) >= 11 is 9.43. The van der Waals surface area contributed by atoms with Crippen molar-refractivity contribution in [1.29, 1.82) is 5.26 Å². The lowest BCUT2D eigenvalue weighted by atomic mass is 10.1. The van der Waals surface area contributed by atoms with Crippen molar-refractivity contribution in [1.82, 2.24) is 0 Å². The SMILES string of the molecule is COc1cc(/C=C(\C#N)C(=O)Nc2cccc(Cl)c2)cc(Br)c1OCc1ccccc1. The number of carbonyl (C=O) groups is 1. The zero-order valence-corrected chi connectivity index (χ0v) is 18.9. The van der Waals surface area contributed by atoms with Crippen molar-refractivity contribution >= 4 is 45.2 Å². The fourth-order valence-electron chi connectivity index (χ4n) is 2.77. The molecule has 3 aromatic rings. The highest BCUT2D eigenvalue weighted by molar-refractivity contribution is 9.10. The van der Waals surface area contributed by atoms with Crippen LogP contribution in [0.5, 0.6) is 11.5 Å². The van der Waals surface area contributed by atoms with E-state index in [9.17, 15) is 10.1 Å². The molecule has 3 rings (SSSR count). The minimum absolute atomic E-state index is 0.0631. The fraction of sp³-hybridized carbons (Fsp3) is 0.0833. The summed E-state index contributed by atoms with van der Waals surface area (Å²) in [5, 5.41) is 12.6. The predicted octanol–water partition coefficient (Wildman–Crippen LogP) is 6.24. The van der Waals surface area contributed by atoms with Crippen molar-refractivity contribution < 1.29 is 14.3 Å². The molecule has 0 radical (unpaired) electrons. The topological polar surface area (TPSA) is 71.3 Å². The number of hydrogen-bond acceptors (Lipinski definition) is 4. The fourth-order valence-corrected chi connectivity index (χ4v) is 3.54. The van der Waals surface area contributed by atoms with E-state index in [1.165, 1.54) is 13.2 Å². The van der Waals surface area contributed by atoms with Gasteiger partial charge in [0.05, 0.1) is 11.6 Å². The van der Waals surface area contributed by atoms with Gasteiger partial charge in [-0.05, 0) is 63.5 Å². The normalized spacial score (nSPS) is 10.8. The minimum atomic E-state index is -0.538. The van der Waals surface area contributed by atoms with Crippen LogP contribution in [0.15, 0.2) is 76.8 Å². The molecule has 5 nitrogen and oxygen atoms in total. The van der Waals surface area contributed by atoms with E-state index in [0.29, 0.717) is 38.9 Å². The lowest BCUT2D eigenvalue weighted by molar-refractivity contribution is -0.112. The van der Waals surface area contributed by atoms with Crippen LogP contribution in [0.3, 0.4) is 0 Å². The van der Waals surface area contributed by atoms with E-state index in [4.69, 9.17) is 21.1 Å². The van der Waals surface area contributed by atoms with Crippen molar-refractivity contribution in [2.24, 2.45) is 0 Å². The first-order valence-corrected chi connectivity index (χ1v) is 10.4. The van der Waals surface area contributed by atoms with Crippen LogP contribution in [-0.4, -0.2) is 13.0 Å². The molecule has 3 aromatic carbocycles. The third-order valence-corrected chi connectivity index (χ3v) is 5.06. The molecule has 0 spiro atoms. The Bertz CT molecular complexity index is 1160. The van der Waals surface area contributed by atoms with Crippen molar-refractivity contribution in [3.63, 3.8) is 0 Å². The van der Waals surface area contributed by atoms with Crippen LogP contribution in [-0.2, 0) is 11.4 Å². The molecule has 7 heteroatoms. The third-order valence-electron chi connectivity index (χ3n) is 4.24. The summed E-state index contributed by atoms with van der Waals surface area (Å²) in [6.45, 7) is 0.372. The molecular weight excluding hydrogens is 480 g/mol. The second-order valence-electron chi connectivity index (χ2n) is 6.44. The molecule has 0 atom stereocenters. The van der Waals surface area contributed by atoms with Gasteiger partial charge < -0.3 is 14.8 Å². The van der Waals surface area contributed by atoms with Gasteiger partial charge in [0.2, 0.25) is 0 Å². The number of ether oxygens (including phenoxy) is 2. The van der Waals surface area contributed by atoms with Gasteiger partial charge in [-0.3, -0.25) is 4.79 Å². The number of methoxy groups -OCH3 is 1. The summed E-state index contributed by atoms with van der Waals surface area (Å²) in [7, 11) is 1.53. The van der Waals surface area contributed by atoms with Gasteiger partial charge in [-0.25, -0.2) is 0 Å². The van der Waals surface area contributed by atoms with Crippen LogP contribution >= 0.6 is 27.5 Å². The molecule has 156 valence electrons. The van der Waals surface area contributed by atoms with E-state index in [1.807, 2.05) is 36.4 Å². The van der Waals surface area contributed by atoms with Crippen molar-refractivity contribution in [2.45, 2.75) is 6.61 Å². The quantitative estimate of drug-likeness (QED) is 0.310. The Morgan fingerprint density at radius 2 is 1.94 bits per heavy atom. The molecule has 0 aromatic heterocycles. The van der Waals surface area contributed by atoms with E-state index in [0.717, 1.165) is 5.56 Å². The molecule has 0 bridgehead atoms. The third kappa shape index (κ3) is 6.11. The second kappa shape index (κ2) is 10.7. The number of nitriles is 1. The number of halogens is 2. The number of hydrogen-bond donors (Lipinski definition) is 1. The largest absolute Gasteiger partial charge is 0.493 e. The maximum atomic E-state index is 12.5. The van der Waals surface area contributed by atoms with Gasteiger partial charge in [0.1, 0.15) is 18.2 Å². The molecule has 0 heterocycles. The molecular formula is C24H18BrClN2O3. The van der Waals surface area contributed by atoms with Gasteiger partial charge in [0, 0.05) is 10.7 Å². The Balaban J connectivity index is 1.82. The Morgan fingerprint density at radius 3 is 2.61 bits per heavy atom. The number of anilines is 1. The van der Waals surface area contributed by atoms with Crippen LogP contribution in [0.1, 0.15) is 11.1 Å². The number of rotatable bonds is 7. The number of nitrogens with zero attached hydrogens (tertiary/aromatic N) is 1. The number of amides is 1. The number of benzene rings is 3. The first kappa shape index (κ1) is 22.4. The Labute approximate surface area is 194 Å². The van der Waals surface area contributed by atoms with E-state index in [-0.39, 0.29) is 5.57 Å². The molecule has 0 aliphatic carbocycles. The van der Waals surface area contributed by atoms with Crippen LogP contribution in [0, 0.1) is 11.3 Å². The lowest BCUT2D eigenvalue weighted by Gasteiger charge is -2.14. The van der Waals surface area contributed by atoms with E-state index in [2.05, 4.69) is 21.2 Å². The molecule has 31 heavy (non-hydrogen) atoms. The molecule has 1 amide bonds. The van der Waals surface area contributed by atoms with Crippen LogP contribution in [0.25, 0.3) is 6.08 Å². The average Bonchev–Trinajstić information content (AvgIpc) is 2.77. The summed E-state index contributed by atoms with van der Waals surface area (Å²) < 4.78 is 12.0. The summed E-state index contributed by atoms with van der Waals surface area (Å²) in [4.78, 5) is 12.5. The van der Waals surface area contributed by atoms with Crippen molar-refractivity contribution in [2.75, 3.05) is 12.4 Å². The smallest absolute Gasteiger partial charge is 0.266 e. The minimum Gasteiger partial charge on any atom is -0.493 e. The maximum absolute atomic E-state index is 12.5. The van der Waals surface area contributed by atoms with Crippen LogP contribution in [0.4, 0.5) is 5.69 Å². The van der Waals surface area contributed by atoms with Gasteiger partial charge in [0.15, 0.2) is 11.5 Å². The predicted molar refractivity (Wildman–Crippen MR) is 125 cm³/mol. The zero-order chi connectivity index (χ0) is 22.2. The molecule has 1 N–H and O–H groups in total. The Hall–Kier alpha value is -3.27. The molecule has 0 fully saturated rings. The van der Waals surface area contributed by atoms with Gasteiger partial charge in [0.25, 0.3) is 5.91 Å². The summed E-state index contributed by atoms with van der Waals surface area (Å²) in [6, 6.07) is 21.9. The molecule has 0 saturated carbocycles.